The number of benzene rings is 1. The minimum atomic E-state index is 0.542. The minimum absolute atomic E-state index is 0.542. The molecule has 1 aliphatic rings. The van der Waals surface area contributed by atoms with Crippen molar-refractivity contribution >= 4 is 0 Å². The lowest BCUT2D eigenvalue weighted by Gasteiger charge is -2.36. The topological polar surface area (TPSA) is 21.3 Å². The van der Waals surface area contributed by atoms with Gasteiger partial charge in [-0.2, -0.15) is 5.48 Å². The first kappa shape index (κ1) is 12.6. The Bertz CT molecular complexity index is 338. The number of hydroxylamine groups is 1. The average Bonchev–Trinajstić information content (AvgIpc) is 2.23. The Labute approximate surface area is 104 Å². The van der Waals surface area contributed by atoms with E-state index >= 15 is 0 Å². The molecular formula is C15H23NO. The second-order valence-electron chi connectivity index (χ2n) is 5.60. The van der Waals surface area contributed by atoms with Crippen molar-refractivity contribution in [3.8, 4) is 0 Å². The van der Waals surface area contributed by atoms with Crippen molar-refractivity contribution < 1.29 is 4.84 Å². The number of nitrogens with one attached hydrogen (secondary N) is 1. The van der Waals surface area contributed by atoms with Crippen LogP contribution in [0.25, 0.3) is 0 Å². The summed E-state index contributed by atoms with van der Waals surface area (Å²) in [7, 11) is 0. The van der Waals surface area contributed by atoms with E-state index in [4.69, 9.17) is 4.84 Å². The van der Waals surface area contributed by atoms with Crippen LogP contribution in [0.15, 0.2) is 24.3 Å². The summed E-state index contributed by atoms with van der Waals surface area (Å²) in [5.41, 5.74) is 5.97. The van der Waals surface area contributed by atoms with Gasteiger partial charge in [0.2, 0.25) is 0 Å². The first-order valence-corrected chi connectivity index (χ1v) is 6.59. The largest absolute Gasteiger partial charge is 0.301 e. The molecule has 2 heteroatoms. The maximum absolute atomic E-state index is 5.45. The van der Waals surface area contributed by atoms with Gasteiger partial charge in [0.05, 0.1) is 6.61 Å². The Morgan fingerprint density at radius 1 is 1.24 bits per heavy atom. The number of aryl methyl sites for hydroxylation is 1. The van der Waals surface area contributed by atoms with Crippen LogP contribution in [0.5, 0.6) is 0 Å². The van der Waals surface area contributed by atoms with Gasteiger partial charge in [0.15, 0.2) is 0 Å². The third kappa shape index (κ3) is 3.55. The molecule has 0 aliphatic heterocycles. The summed E-state index contributed by atoms with van der Waals surface area (Å²) in [5.74, 6) is 1.31. The van der Waals surface area contributed by atoms with Crippen molar-refractivity contribution in [2.45, 2.75) is 45.6 Å². The van der Waals surface area contributed by atoms with Crippen LogP contribution in [0.4, 0.5) is 0 Å². The van der Waals surface area contributed by atoms with Crippen molar-refractivity contribution in [3.63, 3.8) is 0 Å². The summed E-state index contributed by atoms with van der Waals surface area (Å²) in [5, 5.41) is 0. The van der Waals surface area contributed by atoms with Crippen molar-refractivity contribution in [2.24, 2.45) is 5.92 Å². The van der Waals surface area contributed by atoms with Crippen LogP contribution in [0.3, 0.4) is 0 Å². The van der Waals surface area contributed by atoms with E-state index in [9.17, 15) is 0 Å². The van der Waals surface area contributed by atoms with Crippen molar-refractivity contribution in [2.75, 3.05) is 6.61 Å². The van der Waals surface area contributed by atoms with Crippen LogP contribution in [0, 0.1) is 12.8 Å². The van der Waals surface area contributed by atoms with Crippen molar-refractivity contribution in [1.29, 1.82) is 0 Å². The summed E-state index contributed by atoms with van der Waals surface area (Å²) in [6.07, 6.45) is 2.39. The predicted molar refractivity (Wildman–Crippen MR) is 70.9 cm³/mol. The molecule has 0 saturated heterocycles. The van der Waals surface area contributed by atoms with E-state index in [1.54, 1.807) is 0 Å². The zero-order chi connectivity index (χ0) is 12.3. The summed E-state index contributed by atoms with van der Waals surface area (Å²) in [6, 6.07) is 9.45. The molecule has 2 nitrogen and oxygen atoms in total. The summed E-state index contributed by atoms with van der Waals surface area (Å²) >= 11 is 0. The maximum atomic E-state index is 5.45. The zero-order valence-corrected chi connectivity index (χ0v) is 11.1. The van der Waals surface area contributed by atoms with Gasteiger partial charge >= 0.3 is 0 Å². The fourth-order valence-electron chi connectivity index (χ4n) is 2.16. The highest BCUT2D eigenvalue weighted by Crippen LogP contribution is 2.36. The first-order valence-electron chi connectivity index (χ1n) is 6.59. The highest BCUT2D eigenvalue weighted by molar-refractivity contribution is 5.26. The van der Waals surface area contributed by atoms with Crippen molar-refractivity contribution in [1.82, 2.24) is 5.48 Å². The lowest BCUT2D eigenvalue weighted by atomic mass is 9.76. The molecule has 1 aliphatic carbocycles. The van der Waals surface area contributed by atoms with Crippen LogP contribution in [-0.2, 0) is 4.84 Å². The predicted octanol–water partition coefficient (Wildman–Crippen LogP) is 3.42. The molecule has 94 valence electrons. The molecule has 0 bridgehead atoms. The van der Waals surface area contributed by atoms with Crippen LogP contribution >= 0.6 is 0 Å². The molecular weight excluding hydrogens is 210 g/mol. The molecule has 1 fully saturated rings. The Morgan fingerprint density at radius 3 is 2.47 bits per heavy atom. The molecule has 1 saturated carbocycles. The van der Waals surface area contributed by atoms with E-state index in [2.05, 4.69) is 50.5 Å². The molecule has 0 amide bonds. The summed E-state index contributed by atoms with van der Waals surface area (Å²) in [6.45, 7) is 7.26. The lowest BCUT2D eigenvalue weighted by Crippen LogP contribution is -2.40. The molecule has 1 N–H and O–H groups in total. The molecule has 0 spiro atoms. The molecule has 0 unspecified atom stereocenters. The van der Waals surface area contributed by atoms with E-state index in [-0.39, 0.29) is 0 Å². The van der Waals surface area contributed by atoms with Crippen molar-refractivity contribution in [3.05, 3.63) is 35.4 Å². The third-order valence-electron chi connectivity index (χ3n) is 3.35. The maximum Gasteiger partial charge on any atom is 0.0705 e. The highest BCUT2D eigenvalue weighted by Gasteiger charge is 2.30. The van der Waals surface area contributed by atoms with Gasteiger partial charge < -0.3 is 4.84 Å². The summed E-state index contributed by atoms with van der Waals surface area (Å²) in [4.78, 5) is 5.45. The number of hydrogen-bond acceptors (Lipinski definition) is 2. The van der Waals surface area contributed by atoms with Gasteiger partial charge in [-0.25, -0.2) is 0 Å². The summed E-state index contributed by atoms with van der Waals surface area (Å²) < 4.78 is 0. The second-order valence-corrected chi connectivity index (χ2v) is 5.60. The average molecular weight is 233 g/mol. The van der Waals surface area contributed by atoms with E-state index in [0.717, 1.165) is 12.5 Å². The Morgan fingerprint density at radius 2 is 1.88 bits per heavy atom. The fraction of sp³-hybridized carbons (Fsp3) is 0.600. The first-order chi connectivity index (χ1) is 8.15. The Kier molecular flexibility index (Phi) is 4.19. The molecule has 0 aromatic heterocycles. The monoisotopic (exact) mass is 233 g/mol. The fourth-order valence-corrected chi connectivity index (χ4v) is 2.16. The van der Waals surface area contributed by atoms with Crippen LogP contribution in [-0.4, -0.2) is 12.6 Å². The highest BCUT2D eigenvalue weighted by atomic mass is 16.6. The van der Waals surface area contributed by atoms with Gasteiger partial charge in [-0.05, 0) is 37.2 Å². The Balaban J connectivity index is 1.70. The van der Waals surface area contributed by atoms with E-state index in [0.29, 0.717) is 12.0 Å². The molecule has 1 aromatic rings. The third-order valence-corrected chi connectivity index (χ3v) is 3.35. The molecule has 0 heterocycles. The van der Waals surface area contributed by atoms with Gasteiger partial charge in [-0.3, -0.25) is 0 Å². The molecule has 0 radical (unpaired) electrons. The van der Waals surface area contributed by atoms with Gasteiger partial charge in [0, 0.05) is 6.04 Å². The van der Waals surface area contributed by atoms with Crippen LogP contribution in [0.2, 0.25) is 0 Å². The standard InChI is InChI=1S/C15H23NO/c1-11(2)10-17-16-15-8-14(9-15)13-6-4-12(3)5-7-13/h4-7,11,14-16H,8-10H2,1-3H3. The molecule has 2 rings (SSSR count). The smallest absolute Gasteiger partial charge is 0.0705 e. The minimum Gasteiger partial charge on any atom is -0.301 e. The van der Waals surface area contributed by atoms with Gasteiger partial charge in [0.1, 0.15) is 0 Å². The molecule has 1 aromatic carbocycles. The van der Waals surface area contributed by atoms with Crippen LogP contribution < -0.4 is 5.48 Å². The van der Waals surface area contributed by atoms with E-state index in [1.807, 2.05) is 0 Å². The van der Waals surface area contributed by atoms with Gasteiger partial charge in [0.25, 0.3) is 0 Å². The Hall–Kier alpha value is -0.860. The zero-order valence-electron chi connectivity index (χ0n) is 11.1. The van der Waals surface area contributed by atoms with E-state index < -0.39 is 0 Å². The van der Waals surface area contributed by atoms with Crippen LogP contribution in [0.1, 0.15) is 43.7 Å². The number of rotatable bonds is 5. The quantitative estimate of drug-likeness (QED) is 0.787. The second kappa shape index (κ2) is 5.65. The van der Waals surface area contributed by atoms with Gasteiger partial charge in [-0.1, -0.05) is 43.7 Å². The van der Waals surface area contributed by atoms with E-state index in [1.165, 1.54) is 24.0 Å². The normalized spacial score (nSPS) is 23.8. The van der Waals surface area contributed by atoms with Gasteiger partial charge in [-0.15, -0.1) is 0 Å². The lowest BCUT2D eigenvalue weighted by molar-refractivity contribution is -0.0212. The molecule has 17 heavy (non-hydrogen) atoms. The number of hydrogen-bond donors (Lipinski definition) is 1. The molecule has 0 atom stereocenters. The SMILES string of the molecule is Cc1ccc(C2CC(NOCC(C)C)C2)cc1.